The van der Waals surface area contributed by atoms with Crippen LogP contribution in [-0.2, 0) is 0 Å². The summed E-state index contributed by atoms with van der Waals surface area (Å²) in [5, 5.41) is 9.00. The Morgan fingerprint density at radius 1 is 1.00 bits per heavy atom. The van der Waals surface area contributed by atoms with Crippen LogP contribution in [0.3, 0.4) is 0 Å². The first kappa shape index (κ1) is 15.6. The molecule has 0 unspecified atom stereocenters. The second kappa shape index (κ2) is 6.86. The van der Waals surface area contributed by atoms with E-state index in [1.807, 2.05) is 30.3 Å². The van der Waals surface area contributed by atoms with Crippen LogP contribution in [-0.4, -0.2) is 17.3 Å². The molecule has 116 valence electrons. The van der Waals surface area contributed by atoms with Crippen molar-refractivity contribution in [3.63, 3.8) is 0 Å². The lowest BCUT2D eigenvalue weighted by atomic mass is 10.2. The summed E-state index contributed by atoms with van der Waals surface area (Å²) in [5.41, 5.74) is 1.64. The van der Waals surface area contributed by atoms with Crippen molar-refractivity contribution in [3.05, 3.63) is 64.0 Å². The van der Waals surface area contributed by atoms with E-state index in [1.54, 1.807) is 31.4 Å². The Morgan fingerprint density at radius 2 is 1.78 bits per heavy atom. The van der Waals surface area contributed by atoms with Crippen LogP contribution in [0.4, 0.5) is 0 Å². The maximum absolute atomic E-state index is 6.13. The van der Waals surface area contributed by atoms with Crippen molar-refractivity contribution in [1.29, 1.82) is 0 Å². The third-order valence-corrected chi connectivity index (χ3v) is 3.68. The van der Waals surface area contributed by atoms with Crippen molar-refractivity contribution in [2.75, 3.05) is 7.11 Å². The summed E-state index contributed by atoms with van der Waals surface area (Å²) in [5.74, 6) is 1.54. The molecule has 0 bridgehead atoms. The zero-order chi connectivity index (χ0) is 16.2. The molecule has 0 aliphatic carbocycles. The van der Waals surface area contributed by atoms with Gasteiger partial charge in [-0.2, -0.15) is 0 Å². The summed E-state index contributed by atoms with van der Waals surface area (Å²) in [6.45, 7) is 0. The number of nitrogens with zero attached hydrogens (tertiary/aromatic N) is 2. The minimum absolute atomic E-state index is 0.348. The molecule has 0 saturated carbocycles. The van der Waals surface area contributed by atoms with E-state index in [2.05, 4.69) is 10.2 Å². The van der Waals surface area contributed by atoms with Gasteiger partial charge in [0.15, 0.2) is 0 Å². The standard InChI is InChI=1S/C17H12Cl2N2O2/c1-22-13-6-2-11(3-7-13)4-9-16-20-21-17(23-16)14-8-5-12(18)10-15(14)19/h2-10H,1H3/b9-4-. The van der Waals surface area contributed by atoms with E-state index in [-0.39, 0.29) is 0 Å². The number of rotatable bonds is 4. The lowest BCUT2D eigenvalue weighted by Gasteiger charge is -1.99. The molecule has 0 aliphatic rings. The Bertz CT molecular complexity index is 842. The van der Waals surface area contributed by atoms with Crippen LogP contribution in [0.15, 0.2) is 46.9 Å². The van der Waals surface area contributed by atoms with E-state index in [0.29, 0.717) is 27.4 Å². The third-order valence-electron chi connectivity index (χ3n) is 3.14. The predicted octanol–water partition coefficient (Wildman–Crippen LogP) is 5.22. The van der Waals surface area contributed by atoms with Gasteiger partial charge in [-0.1, -0.05) is 35.3 Å². The van der Waals surface area contributed by atoms with Crippen LogP contribution >= 0.6 is 23.2 Å². The van der Waals surface area contributed by atoms with Gasteiger partial charge >= 0.3 is 0 Å². The number of hydrogen-bond acceptors (Lipinski definition) is 4. The molecule has 0 atom stereocenters. The van der Waals surface area contributed by atoms with E-state index in [4.69, 9.17) is 32.4 Å². The first-order valence-corrected chi connectivity index (χ1v) is 7.52. The second-order valence-corrected chi connectivity index (χ2v) is 5.52. The number of ether oxygens (including phenoxy) is 1. The molecule has 0 radical (unpaired) electrons. The molecule has 0 spiro atoms. The molecule has 0 saturated heterocycles. The maximum Gasteiger partial charge on any atom is 0.249 e. The van der Waals surface area contributed by atoms with Gasteiger partial charge in [0.1, 0.15) is 5.75 Å². The van der Waals surface area contributed by atoms with Crippen molar-refractivity contribution in [3.8, 4) is 17.2 Å². The Labute approximate surface area is 143 Å². The maximum atomic E-state index is 6.13. The normalized spacial score (nSPS) is 11.1. The van der Waals surface area contributed by atoms with Crippen molar-refractivity contribution in [2.24, 2.45) is 0 Å². The van der Waals surface area contributed by atoms with Gasteiger partial charge in [-0.3, -0.25) is 0 Å². The molecule has 0 aliphatic heterocycles. The highest BCUT2D eigenvalue weighted by Crippen LogP contribution is 2.29. The Kier molecular flexibility index (Phi) is 4.65. The lowest BCUT2D eigenvalue weighted by molar-refractivity contribution is 0.415. The molecule has 2 aromatic carbocycles. The Morgan fingerprint density at radius 3 is 2.48 bits per heavy atom. The molecule has 3 aromatic rings. The van der Waals surface area contributed by atoms with E-state index in [0.717, 1.165) is 11.3 Å². The van der Waals surface area contributed by atoms with Crippen molar-refractivity contribution in [1.82, 2.24) is 10.2 Å². The average molecular weight is 347 g/mol. The minimum Gasteiger partial charge on any atom is -0.497 e. The topological polar surface area (TPSA) is 48.2 Å². The zero-order valence-electron chi connectivity index (χ0n) is 12.2. The van der Waals surface area contributed by atoms with E-state index >= 15 is 0 Å². The van der Waals surface area contributed by atoms with Crippen molar-refractivity contribution >= 4 is 35.4 Å². The van der Waals surface area contributed by atoms with E-state index in [9.17, 15) is 0 Å². The smallest absolute Gasteiger partial charge is 0.249 e. The van der Waals surface area contributed by atoms with E-state index < -0.39 is 0 Å². The summed E-state index contributed by atoms with van der Waals surface area (Å²) in [7, 11) is 1.63. The number of methoxy groups -OCH3 is 1. The van der Waals surface area contributed by atoms with E-state index in [1.165, 1.54) is 0 Å². The summed E-state index contributed by atoms with van der Waals surface area (Å²) in [4.78, 5) is 0. The Hall–Kier alpha value is -2.30. The molecule has 1 heterocycles. The SMILES string of the molecule is COc1ccc(/C=C\c2nnc(-c3ccc(Cl)cc3Cl)o2)cc1. The number of halogens is 2. The van der Waals surface area contributed by atoms with Crippen LogP contribution < -0.4 is 4.74 Å². The van der Waals surface area contributed by atoms with Crippen LogP contribution in [0.5, 0.6) is 5.75 Å². The molecule has 6 heteroatoms. The van der Waals surface area contributed by atoms with Gasteiger partial charge < -0.3 is 9.15 Å². The quantitative estimate of drug-likeness (QED) is 0.649. The fourth-order valence-corrected chi connectivity index (χ4v) is 2.45. The lowest BCUT2D eigenvalue weighted by Crippen LogP contribution is -1.81. The van der Waals surface area contributed by atoms with Gasteiger partial charge in [0.2, 0.25) is 11.8 Å². The highest BCUT2D eigenvalue weighted by molar-refractivity contribution is 6.36. The fourth-order valence-electron chi connectivity index (χ4n) is 1.96. The van der Waals surface area contributed by atoms with Crippen LogP contribution in [0, 0.1) is 0 Å². The van der Waals surface area contributed by atoms with Gasteiger partial charge in [-0.25, -0.2) is 0 Å². The van der Waals surface area contributed by atoms with Gasteiger partial charge in [0.05, 0.1) is 17.7 Å². The zero-order valence-corrected chi connectivity index (χ0v) is 13.7. The van der Waals surface area contributed by atoms with Crippen LogP contribution in [0.1, 0.15) is 11.5 Å². The van der Waals surface area contributed by atoms with Crippen molar-refractivity contribution in [2.45, 2.75) is 0 Å². The molecule has 0 N–H and O–H groups in total. The molecule has 0 amide bonds. The van der Waals surface area contributed by atoms with Crippen molar-refractivity contribution < 1.29 is 9.15 Å². The van der Waals surface area contributed by atoms with Gasteiger partial charge in [0, 0.05) is 11.1 Å². The molecular formula is C17H12Cl2N2O2. The largest absolute Gasteiger partial charge is 0.497 e. The number of benzene rings is 2. The molecule has 4 nitrogen and oxygen atoms in total. The molecule has 3 rings (SSSR count). The van der Waals surface area contributed by atoms with Crippen LogP contribution in [0.2, 0.25) is 10.0 Å². The summed E-state index contributed by atoms with van der Waals surface area (Å²) >= 11 is 12.0. The summed E-state index contributed by atoms with van der Waals surface area (Å²) in [6.07, 6.45) is 3.61. The average Bonchev–Trinajstić information content (AvgIpc) is 3.02. The molecule has 0 fully saturated rings. The number of hydrogen-bond donors (Lipinski definition) is 0. The molecular weight excluding hydrogens is 335 g/mol. The van der Waals surface area contributed by atoms with Crippen LogP contribution in [0.25, 0.3) is 23.6 Å². The fraction of sp³-hybridized carbons (Fsp3) is 0.0588. The predicted molar refractivity (Wildman–Crippen MR) is 91.7 cm³/mol. The number of aromatic nitrogens is 2. The molecule has 1 aromatic heterocycles. The first-order chi connectivity index (χ1) is 11.2. The monoisotopic (exact) mass is 346 g/mol. The highest BCUT2D eigenvalue weighted by atomic mass is 35.5. The third kappa shape index (κ3) is 3.73. The van der Waals surface area contributed by atoms with Gasteiger partial charge in [-0.15, -0.1) is 10.2 Å². The Balaban J connectivity index is 1.79. The highest BCUT2D eigenvalue weighted by Gasteiger charge is 2.11. The summed E-state index contributed by atoms with van der Waals surface area (Å²) < 4.78 is 10.7. The van der Waals surface area contributed by atoms with Gasteiger partial charge in [0.25, 0.3) is 0 Å². The second-order valence-electron chi connectivity index (χ2n) is 4.68. The van der Waals surface area contributed by atoms with Gasteiger partial charge in [-0.05, 0) is 42.0 Å². The first-order valence-electron chi connectivity index (χ1n) is 6.77. The minimum atomic E-state index is 0.348. The molecule has 23 heavy (non-hydrogen) atoms. The summed E-state index contributed by atoms with van der Waals surface area (Å²) in [6, 6.07) is 12.7.